The molecule has 2 aromatic rings. The first-order valence-electron chi connectivity index (χ1n) is 8.08. The molecule has 0 spiro atoms. The maximum Gasteiger partial charge on any atom is 0.228 e. The Bertz CT molecular complexity index is 754. The van der Waals surface area contributed by atoms with Gasteiger partial charge in [0.15, 0.2) is 0 Å². The summed E-state index contributed by atoms with van der Waals surface area (Å²) in [7, 11) is 0. The number of hydrogen-bond donors (Lipinski definition) is 2. The fourth-order valence-corrected chi connectivity index (χ4v) is 2.74. The molecule has 2 aromatic carbocycles. The number of amides is 2. The van der Waals surface area contributed by atoms with Gasteiger partial charge in [0.1, 0.15) is 5.75 Å². The zero-order chi connectivity index (χ0) is 16.9. The summed E-state index contributed by atoms with van der Waals surface area (Å²) in [6, 6.07) is 13.1. The van der Waals surface area contributed by atoms with Crippen molar-refractivity contribution < 1.29 is 14.3 Å². The smallest absolute Gasteiger partial charge is 0.228 e. The summed E-state index contributed by atoms with van der Waals surface area (Å²) in [5.41, 5.74) is 3.62. The SMILES string of the molecule is CCOc1ccc(NC(=O)Cc2ccc3c(c2)CCC(=O)N3)cc1. The molecule has 0 unspecified atom stereocenters. The molecule has 0 radical (unpaired) electrons. The molecule has 0 aromatic heterocycles. The summed E-state index contributed by atoms with van der Waals surface area (Å²) < 4.78 is 5.38. The third-order valence-electron chi connectivity index (χ3n) is 3.88. The molecule has 1 aliphatic heterocycles. The van der Waals surface area contributed by atoms with Crippen LogP contribution in [0.4, 0.5) is 11.4 Å². The van der Waals surface area contributed by atoms with Gasteiger partial charge in [-0.2, -0.15) is 0 Å². The third kappa shape index (κ3) is 3.93. The molecular weight excluding hydrogens is 304 g/mol. The number of carbonyl (C=O) groups is 2. The Balaban J connectivity index is 1.61. The van der Waals surface area contributed by atoms with E-state index in [4.69, 9.17) is 4.74 Å². The summed E-state index contributed by atoms with van der Waals surface area (Å²) in [4.78, 5) is 23.6. The predicted octanol–water partition coefficient (Wildman–Crippen LogP) is 3.15. The molecule has 2 amide bonds. The Kier molecular flexibility index (Phi) is 4.79. The van der Waals surface area contributed by atoms with Gasteiger partial charge in [-0.3, -0.25) is 9.59 Å². The van der Waals surface area contributed by atoms with Gasteiger partial charge in [0.05, 0.1) is 13.0 Å². The molecule has 1 heterocycles. The number of anilines is 2. The van der Waals surface area contributed by atoms with E-state index >= 15 is 0 Å². The minimum absolute atomic E-state index is 0.0449. The molecule has 3 rings (SSSR count). The van der Waals surface area contributed by atoms with E-state index in [1.54, 1.807) is 0 Å². The van der Waals surface area contributed by atoms with Gasteiger partial charge < -0.3 is 15.4 Å². The van der Waals surface area contributed by atoms with Crippen molar-refractivity contribution in [2.24, 2.45) is 0 Å². The highest BCUT2D eigenvalue weighted by Gasteiger charge is 2.15. The van der Waals surface area contributed by atoms with Crippen LogP contribution >= 0.6 is 0 Å². The lowest BCUT2D eigenvalue weighted by Crippen LogP contribution is -2.19. The average molecular weight is 324 g/mol. The number of rotatable bonds is 5. The Morgan fingerprint density at radius 1 is 1.17 bits per heavy atom. The largest absolute Gasteiger partial charge is 0.494 e. The molecule has 0 bridgehead atoms. The van der Waals surface area contributed by atoms with E-state index in [0.717, 1.165) is 34.7 Å². The second kappa shape index (κ2) is 7.17. The van der Waals surface area contributed by atoms with E-state index in [1.807, 2.05) is 49.4 Å². The van der Waals surface area contributed by atoms with Crippen molar-refractivity contribution in [1.82, 2.24) is 0 Å². The number of aryl methyl sites for hydroxylation is 1. The first-order valence-corrected chi connectivity index (χ1v) is 8.08. The monoisotopic (exact) mass is 324 g/mol. The number of benzene rings is 2. The molecule has 124 valence electrons. The molecule has 2 N–H and O–H groups in total. The fourth-order valence-electron chi connectivity index (χ4n) is 2.74. The second-order valence-electron chi connectivity index (χ2n) is 5.72. The van der Waals surface area contributed by atoms with Gasteiger partial charge in [-0.05, 0) is 54.8 Å². The molecule has 0 fully saturated rings. The number of hydrogen-bond acceptors (Lipinski definition) is 3. The van der Waals surface area contributed by atoms with Crippen LogP contribution in [0.15, 0.2) is 42.5 Å². The summed E-state index contributed by atoms with van der Waals surface area (Å²) in [6.07, 6.45) is 1.51. The lowest BCUT2D eigenvalue weighted by Gasteiger charge is -2.17. The van der Waals surface area contributed by atoms with Crippen LogP contribution in [0.1, 0.15) is 24.5 Å². The zero-order valence-electron chi connectivity index (χ0n) is 13.6. The van der Waals surface area contributed by atoms with Crippen molar-refractivity contribution in [3.8, 4) is 5.75 Å². The van der Waals surface area contributed by atoms with E-state index < -0.39 is 0 Å². The molecule has 5 heteroatoms. The van der Waals surface area contributed by atoms with E-state index in [2.05, 4.69) is 10.6 Å². The number of ether oxygens (including phenoxy) is 1. The lowest BCUT2D eigenvalue weighted by atomic mass is 9.99. The fraction of sp³-hybridized carbons (Fsp3) is 0.263. The highest BCUT2D eigenvalue weighted by Crippen LogP contribution is 2.24. The zero-order valence-corrected chi connectivity index (χ0v) is 13.6. The van der Waals surface area contributed by atoms with Crippen LogP contribution in [0.25, 0.3) is 0 Å². The highest BCUT2D eigenvalue weighted by molar-refractivity contribution is 5.95. The van der Waals surface area contributed by atoms with Crippen molar-refractivity contribution in [2.45, 2.75) is 26.2 Å². The predicted molar refractivity (Wildman–Crippen MR) is 93.3 cm³/mol. The van der Waals surface area contributed by atoms with Crippen molar-refractivity contribution >= 4 is 23.2 Å². The Hall–Kier alpha value is -2.82. The molecule has 1 aliphatic rings. The highest BCUT2D eigenvalue weighted by atomic mass is 16.5. The minimum atomic E-state index is -0.0704. The van der Waals surface area contributed by atoms with Crippen LogP contribution in [-0.4, -0.2) is 18.4 Å². The van der Waals surface area contributed by atoms with Crippen LogP contribution in [0.3, 0.4) is 0 Å². The number of carbonyl (C=O) groups excluding carboxylic acids is 2. The van der Waals surface area contributed by atoms with Gasteiger partial charge in [0.2, 0.25) is 11.8 Å². The van der Waals surface area contributed by atoms with E-state index in [0.29, 0.717) is 19.4 Å². The Labute approximate surface area is 141 Å². The van der Waals surface area contributed by atoms with Crippen LogP contribution in [0.2, 0.25) is 0 Å². The van der Waals surface area contributed by atoms with Crippen molar-refractivity contribution in [3.63, 3.8) is 0 Å². The normalized spacial score (nSPS) is 13.0. The minimum Gasteiger partial charge on any atom is -0.494 e. The van der Waals surface area contributed by atoms with Crippen molar-refractivity contribution in [2.75, 3.05) is 17.2 Å². The number of fused-ring (bicyclic) bond motifs is 1. The first-order chi connectivity index (χ1) is 11.6. The van der Waals surface area contributed by atoms with E-state index in [1.165, 1.54) is 0 Å². The maximum absolute atomic E-state index is 12.2. The Morgan fingerprint density at radius 3 is 2.71 bits per heavy atom. The van der Waals surface area contributed by atoms with Gasteiger partial charge >= 0.3 is 0 Å². The molecule has 5 nitrogen and oxygen atoms in total. The molecular formula is C19H20N2O3. The summed E-state index contributed by atoms with van der Waals surface area (Å²) in [6.45, 7) is 2.55. The second-order valence-corrected chi connectivity index (χ2v) is 5.72. The van der Waals surface area contributed by atoms with Crippen LogP contribution in [0, 0.1) is 0 Å². The van der Waals surface area contributed by atoms with E-state index in [-0.39, 0.29) is 11.8 Å². The van der Waals surface area contributed by atoms with Crippen molar-refractivity contribution in [3.05, 3.63) is 53.6 Å². The quantitative estimate of drug-likeness (QED) is 0.888. The number of nitrogens with one attached hydrogen (secondary N) is 2. The van der Waals surface area contributed by atoms with Crippen LogP contribution in [0.5, 0.6) is 5.75 Å². The molecule has 0 saturated heterocycles. The van der Waals surface area contributed by atoms with Crippen LogP contribution < -0.4 is 15.4 Å². The molecule has 0 aliphatic carbocycles. The average Bonchev–Trinajstić information content (AvgIpc) is 2.57. The topological polar surface area (TPSA) is 67.4 Å². The first kappa shape index (κ1) is 16.1. The molecule has 0 atom stereocenters. The van der Waals surface area contributed by atoms with Crippen LogP contribution in [-0.2, 0) is 22.4 Å². The summed E-state index contributed by atoms with van der Waals surface area (Å²) >= 11 is 0. The lowest BCUT2D eigenvalue weighted by molar-refractivity contribution is -0.117. The Morgan fingerprint density at radius 2 is 1.96 bits per heavy atom. The van der Waals surface area contributed by atoms with Gasteiger partial charge in [0.25, 0.3) is 0 Å². The molecule has 24 heavy (non-hydrogen) atoms. The summed E-state index contributed by atoms with van der Waals surface area (Å²) in [5.74, 6) is 0.759. The van der Waals surface area contributed by atoms with Gasteiger partial charge in [-0.25, -0.2) is 0 Å². The third-order valence-corrected chi connectivity index (χ3v) is 3.88. The maximum atomic E-state index is 12.2. The van der Waals surface area contributed by atoms with Gasteiger partial charge in [-0.1, -0.05) is 12.1 Å². The van der Waals surface area contributed by atoms with Crippen molar-refractivity contribution in [1.29, 1.82) is 0 Å². The van der Waals surface area contributed by atoms with E-state index in [9.17, 15) is 9.59 Å². The van der Waals surface area contributed by atoms with Gasteiger partial charge in [-0.15, -0.1) is 0 Å². The molecule has 0 saturated carbocycles. The van der Waals surface area contributed by atoms with Gasteiger partial charge in [0, 0.05) is 17.8 Å². The summed E-state index contributed by atoms with van der Waals surface area (Å²) in [5, 5.41) is 5.73. The standard InChI is InChI=1S/C19H20N2O3/c1-2-24-16-7-5-15(6-8-16)20-19(23)12-13-3-9-17-14(11-13)4-10-18(22)21-17/h3,5-9,11H,2,4,10,12H2,1H3,(H,20,23)(H,21,22).